The number of amides is 3. The van der Waals surface area contributed by atoms with Crippen molar-refractivity contribution in [3.8, 4) is 0 Å². The van der Waals surface area contributed by atoms with Crippen LogP contribution in [0.2, 0.25) is 0 Å². The molecule has 0 bridgehead atoms. The van der Waals surface area contributed by atoms with Gasteiger partial charge < -0.3 is 15.0 Å². The summed E-state index contributed by atoms with van der Waals surface area (Å²) in [5, 5.41) is 6.06. The fourth-order valence-electron chi connectivity index (χ4n) is 2.70. The summed E-state index contributed by atoms with van der Waals surface area (Å²) < 4.78 is 18.3. The number of morpholine rings is 1. The molecular formula is C20H19FN4O4. The predicted octanol–water partition coefficient (Wildman–Crippen LogP) is 1.39. The van der Waals surface area contributed by atoms with E-state index in [1.165, 1.54) is 30.5 Å². The highest BCUT2D eigenvalue weighted by atomic mass is 19.1. The minimum atomic E-state index is -1.02. The molecule has 1 fully saturated rings. The molecule has 0 radical (unpaired) electrons. The number of para-hydroxylation sites is 1. The first-order valence-electron chi connectivity index (χ1n) is 8.90. The van der Waals surface area contributed by atoms with Gasteiger partial charge in [-0.25, -0.2) is 9.82 Å². The van der Waals surface area contributed by atoms with Crippen LogP contribution >= 0.6 is 0 Å². The second-order valence-corrected chi connectivity index (χ2v) is 6.16. The topological polar surface area (TPSA) is 100 Å². The standard InChI is InChI=1S/C20H19FN4O4/c21-15-5-3-4-14(12-15)13-22-24-19(27)18(26)23-17-7-2-1-6-16(17)20(28)25-8-10-29-11-9-25/h1-7,12-13H,8-11H2,(H,23,26)(H,24,27)/b22-13+. The van der Waals surface area contributed by atoms with Crippen molar-refractivity contribution in [2.45, 2.75) is 0 Å². The van der Waals surface area contributed by atoms with Crippen molar-refractivity contribution in [1.29, 1.82) is 0 Å². The number of benzene rings is 2. The Kier molecular flexibility index (Phi) is 6.64. The Bertz CT molecular complexity index is 942. The lowest BCUT2D eigenvalue weighted by molar-refractivity contribution is -0.136. The van der Waals surface area contributed by atoms with Crippen molar-refractivity contribution in [2.75, 3.05) is 31.6 Å². The number of anilines is 1. The van der Waals surface area contributed by atoms with E-state index in [2.05, 4.69) is 15.8 Å². The number of halogens is 1. The smallest absolute Gasteiger partial charge is 0.329 e. The molecule has 2 aromatic rings. The Morgan fingerprint density at radius 2 is 1.79 bits per heavy atom. The van der Waals surface area contributed by atoms with Crippen molar-refractivity contribution >= 4 is 29.6 Å². The molecule has 29 heavy (non-hydrogen) atoms. The van der Waals surface area contributed by atoms with Crippen molar-refractivity contribution in [2.24, 2.45) is 5.10 Å². The molecule has 9 heteroatoms. The highest BCUT2D eigenvalue weighted by Gasteiger charge is 2.22. The summed E-state index contributed by atoms with van der Waals surface area (Å²) in [6.07, 6.45) is 1.21. The largest absolute Gasteiger partial charge is 0.378 e. The van der Waals surface area contributed by atoms with Crippen LogP contribution in [0.3, 0.4) is 0 Å². The Morgan fingerprint density at radius 3 is 2.55 bits per heavy atom. The van der Waals surface area contributed by atoms with Gasteiger partial charge in [-0.2, -0.15) is 5.10 Å². The van der Waals surface area contributed by atoms with Crippen molar-refractivity contribution in [1.82, 2.24) is 10.3 Å². The van der Waals surface area contributed by atoms with Crippen LogP contribution in [-0.2, 0) is 14.3 Å². The van der Waals surface area contributed by atoms with E-state index < -0.39 is 17.6 Å². The predicted molar refractivity (Wildman–Crippen MR) is 104 cm³/mol. The lowest BCUT2D eigenvalue weighted by Gasteiger charge is -2.27. The summed E-state index contributed by atoms with van der Waals surface area (Å²) in [5.41, 5.74) is 2.99. The monoisotopic (exact) mass is 398 g/mol. The summed E-state index contributed by atoms with van der Waals surface area (Å²) in [6.45, 7) is 1.81. The molecule has 3 rings (SSSR count). The molecule has 3 amide bonds. The minimum absolute atomic E-state index is 0.221. The number of carbonyl (C=O) groups is 3. The Hall–Kier alpha value is -3.59. The van der Waals surface area contributed by atoms with Gasteiger partial charge in [0, 0.05) is 13.1 Å². The molecule has 1 aliphatic heterocycles. The molecule has 0 spiro atoms. The van der Waals surface area contributed by atoms with Crippen LogP contribution < -0.4 is 10.7 Å². The van der Waals surface area contributed by atoms with Gasteiger partial charge in [0.2, 0.25) is 0 Å². The van der Waals surface area contributed by atoms with Gasteiger partial charge in [-0.3, -0.25) is 14.4 Å². The third kappa shape index (κ3) is 5.45. The molecule has 0 saturated carbocycles. The highest BCUT2D eigenvalue weighted by Crippen LogP contribution is 2.18. The first kappa shape index (κ1) is 20.2. The van der Waals surface area contributed by atoms with Gasteiger partial charge in [-0.05, 0) is 29.8 Å². The average molecular weight is 398 g/mol. The average Bonchev–Trinajstić information content (AvgIpc) is 2.74. The summed E-state index contributed by atoms with van der Waals surface area (Å²) in [5.74, 6) is -2.71. The second kappa shape index (κ2) is 9.56. The molecule has 1 aliphatic rings. The summed E-state index contributed by atoms with van der Waals surface area (Å²) in [6, 6.07) is 12.0. The van der Waals surface area contributed by atoms with E-state index in [-0.39, 0.29) is 17.2 Å². The molecule has 0 atom stereocenters. The molecule has 150 valence electrons. The zero-order valence-electron chi connectivity index (χ0n) is 15.4. The number of nitrogens with zero attached hydrogens (tertiary/aromatic N) is 2. The lowest BCUT2D eigenvalue weighted by atomic mass is 10.1. The van der Waals surface area contributed by atoms with E-state index >= 15 is 0 Å². The van der Waals surface area contributed by atoms with Crippen molar-refractivity contribution in [3.63, 3.8) is 0 Å². The zero-order valence-corrected chi connectivity index (χ0v) is 15.4. The van der Waals surface area contributed by atoms with Crippen molar-refractivity contribution < 1.29 is 23.5 Å². The fourth-order valence-corrected chi connectivity index (χ4v) is 2.70. The zero-order chi connectivity index (χ0) is 20.6. The van der Waals surface area contributed by atoms with E-state index in [4.69, 9.17) is 4.74 Å². The Morgan fingerprint density at radius 1 is 1.03 bits per heavy atom. The van der Waals surface area contributed by atoms with E-state index in [0.717, 1.165) is 0 Å². The molecule has 2 N–H and O–H groups in total. The van der Waals surface area contributed by atoms with E-state index in [9.17, 15) is 18.8 Å². The maximum Gasteiger partial charge on any atom is 0.329 e. The van der Waals surface area contributed by atoms with Gasteiger partial charge in [0.05, 0.1) is 30.7 Å². The number of nitrogens with one attached hydrogen (secondary N) is 2. The molecule has 1 saturated heterocycles. The van der Waals surface area contributed by atoms with Crippen molar-refractivity contribution in [3.05, 3.63) is 65.5 Å². The first-order valence-corrected chi connectivity index (χ1v) is 8.90. The third-order valence-corrected chi connectivity index (χ3v) is 4.14. The van der Waals surface area contributed by atoms with Crippen LogP contribution in [0, 0.1) is 5.82 Å². The van der Waals surface area contributed by atoms with Crippen LogP contribution in [-0.4, -0.2) is 55.1 Å². The van der Waals surface area contributed by atoms with Gasteiger partial charge >= 0.3 is 11.8 Å². The summed E-state index contributed by atoms with van der Waals surface area (Å²) in [4.78, 5) is 38.4. The Labute approximate surface area is 166 Å². The molecular weight excluding hydrogens is 379 g/mol. The highest BCUT2D eigenvalue weighted by molar-refractivity contribution is 6.40. The van der Waals surface area contributed by atoms with Gasteiger partial charge in [-0.15, -0.1) is 0 Å². The maximum absolute atomic E-state index is 13.1. The number of hydrogen-bond acceptors (Lipinski definition) is 5. The van der Waals surface area contributed by atoms with Gasteiger partial charge in [0.15, 0.2) is 0 Å². The third-order valence-electron chi connectivity index (χ3n) is 4.14. The fraction of sp³-hybridized carbons (Fsp3) is 0.200. The summed E-state index contributed by atoms with van der Waals surface area (Å²) >= 11 is 0. The van der Waals surface area contributed by atoms with E-state index in [0.29, 0.717) is 31.9 Å². The van der Waals surface area contributed by atoms with Gasteiger partial charge in [-0.1, -0.05) is 24.3 Å². The molecule has 0 aromatic heterocycles. The van der Waals surface area contributed by atoms with Gasteiger partial charge in [0.25, 0.3) is 5.91 Å². The number of hydrazone groups is 1. The SMILES string of the molecule is O=C(N/N=C/c1cccc(F)c1)C(=O)Nc1ccccc1C(=O)N1CCOCC1. The lowest BCUT2D eigenvalue weighted by Crippen LogP contribution is -2.41. The van der Waals surface area contributed by atoms with Crippen LogP contribution in [0.25, 0.3) is 0 Å². The second-order valence-electron chi connectivity index (χ2n) is 6.16. The Balaban J connectivity index is 1.62. The van der Waals surface area contributed by atoms with E-state index in [1.54, 1.807) is 29.2 Å². The van der Waals surface area contributed by atoms with E-state index in [1.807, 2.05) is 0 Å². The molecule has 0 unspecified atom stereocenters. The number of rotatable bonds is 4. The first-order chi connectivity index (χ1) is 14.0. The number of carbonyl (C=O) groups excluding carboxylic acids is 3. The summed E-state index contributed by atoms with van der Waals surface area (Å²) in [7, 11) is 0. The number of hydrogen-bond donors (Lipinski definition) is 2. The van der Waals surface area contributed by atoms with Gasteiger partial charge in [0.1, 0.15) is 5.82 Å². The van der Waals surface area contributed by atoms with Crippen LogP contribution in [0.4, 0.5) is 10.1 Å². The maximum atomic E-state index is 13.1. The van der Waals surface area contributed by atoms with Crippen LogP contribution in [0.1, 0.15) is 15.9 Å². The molecule has 8 nitrogen and oxygen atoms in total. The normalized spacial score (nSPS) is 13.9. The number of ether oxygens (including phenoxy) is 1. The quantitative estimate of drug-likeness (QED) is 0.462. The molecule has 1 heterocycles. The minimum Gasteiger partial charge on any atom is -0.378 e. The molecule has 2 aromatic carbocycles. The molecule has 0 aliphatic carbocycles. The van der Waals surface area contributed by atoms with Crippen LogP contribution in [0.15, 0.2) is 53.6 Å². The van der Waals surface area contributed by atoms with Crippen LogP contribution in [0.5, 0.6) is 0 Å².